The van der Waals surface area contributed by atoms with Crippen LogP contribution < -0.4 is 9.64 Å². The molecule has 0 bridgehead atoms. The summed E-state index contributed by atoms with van der Waals surface area (Å²) in [6.45, 7) is 5.69. The second-order valence-corrected chi connectivity index (χ2v) is 10.5. The molecule has 39 heavy (non-hydrogen) atoms. The zero-order valence-corrected chi connectivity index (χ0v) is 22.3. The lowest BCUT2D eigenvalue weighted by atomic mass is 9.98. The van der Waals surface area contributed by atoms with Crippen molar-refractivity contribution in [2.75, 3.05) is 18.6 Å². The maximum absolute atomic E-state index is 13.1. The van der Waals surface area contributed by atoms with Crippen molar-refractivity contribution in [3.63, 3.8) is 0 Å². The molecule has 0 atom stereocenters. The van der Waals surface area contributed by atoms with E-state index in [-0.39, 0.29) is 11.9 Å². The van der Waals surface area contributed by atoms with Crippen molar-refractivity contribution in [2.45, 2.75) is 57.8 Å². The maximum Gasteiger partial charge on any atom is 0.434 e. The Kier molecular flexibility index (Phi) is 6.11. The minimum atomic E-state index is -4.48. The molecule has 1 aliphatic heterocycles. The van der Waals surface area contributed by atoms with Gasteiger partial charge in [-0.3, -0.25) is 4.68 Å². The van der Waals surface area contributed by atoms with Crippen LogP contribution in [-0.2, 0) is 26.2 Å². The first-order chi connectivity index (χ1) is 18.7. The molecule has 0 N–H and O–H groups in total. The fourth-order valence-electron chi connectivity index (χ4n) is 5.41. The number of ether oxygens (including phenoxy) is 1. The number of fused-ring (bicyclic) bond motifs is 1. The third kappa shape index (κ3) is 4.53. The lowest BCUT2D eigenvalue weighted by Crippen LogP contribution is -2.31. The van der Waals surface area contributed by atoms with Crippen LogP contribution in [0.2, 0.25) is 0 Å². The van der Waals surface area contributed by atoms with E-state index in [1.807, 2.05) is 24.3 Å². The molecule has 1 aromatic carbocycles. The largest absolute Gasteiger partial charge is 0.480 e. The standard InChI is InChI=1S/C28H30F3N7O/c1-16(2)38-21-11-12-37(19-9-7-18(8-10-19)26-34-22(14-36(26)3)28(29,30)31)13-20(21)25(35-38)23-24(17-5-6-17)32-15-33-27(23)39-4/h7-10,14-17H,5-6,11-13H2,1-4H3. The van der Waals surface area contributed by atoms with E-state index in [4.69, 9.17) is 9.84 Å². The average molecular weight is 538 g/mol. The Balaban J connectivity index is 1.35. The summed E-state index contributed by atoms with van der Waals surface area (Å²) in [5.41, 5.74) is 5.79. The second-order valence-electron chi connectivity index (χ2n) is 10.5. The number of rotatable bonds is 6. The summed E-state index contributed by atoms with van der Waals surface area (Å²) < 4.78 is 48.6. The predicted molar refractivity (Wildman–Crippen MR) is 141 cm³/mol. The van der Waals surface area contributed by atoms with Crippen LogP contribution in [0.15, 0.2) is 36.8 Å². The zero-order chi connectivity index (χ0) is 27.5. The van der Waals surface area contributed by atoms with Gasteiger partial charge in [-0.25, -0.2) is 15.0 Å². The van der Waals surface area contributed by atoms with E-state index in [9.17, 15) is 13.2 Å². The third-order valence-corrected chi connectivity index (χ3v) is 7.47. The summed E-state index contributed by atoms with van der Waals surface area (Å²) in [5, 5.41) is 5.08. The molecule has 3 aromatic heterocycles. The number of alkyl halides is 3. The van der Waals surface area contributed by atoms with Crippen molar-refractivity contribution in [1.82, 2.24) is 29.3 Å². The van der Waals surface area contributed by atoms with Crippen LogP contribution in [0.25, 0.3) is 22.6 Å². The smallest absolute Gasteiger partial charge is 0.434 e. The molecular weight excluding hydrogens is 507 g/mol. The van der Waals surface area contributed by atoms with Crippen molar-refractivity contribution in [2.24, 2.45) is 7.05 Å². The minimum Gasteiger partial charge on any atom is -0.480 e. The second kappa shape index (κ2) is 9.39. The number of methoxy groups -OCH3 is 1. The Morgan fingerprint density at radius 1 is 1.08 bits per heavy atom. The molecule has 1 fully saturated rings. The highest BCUT2D eigenvalue weighted by Crippen LogP contribution is 2.47. The fraction of sp³-hybridized carbons (Fsp3) is 0.429. The summed E-state index contributed by atoms with van der Waals surface area (Å²) in [6.07, 6.45) is 1.10. The fourth-order valence-corrected chi connectivity index (χ4v) is 5.41. The average Bonchev–Trinajstić information content (AvgIpc) is 3.58. The predicted octanol–water partition coefficient (Wildman–Crippen LogP) is 5.79. The number of hydrogen-bond acceptors (Lipinski definition) is 6. The molecule has 0 unspecified atom stereocenters. The molecule has 0 radical (unpaired) electrons. The van der Waals surface area contributed by atoms with Crippen molar-refractivity contribution >= 4 is 5.69 Å². The molecule has 1 saturated carbocycles. The van der Waals surface area contributed by atoms with E-state index in [1.165, 1.54) is 10.3 Å². The summed E-state index contributed by atoms with van der Waals surface area (Å²) >= 11 is 0. The van der Waals surface area contributed by atoms with Crippen LogP contribution in [-0.4, -0.2) is 43.0 Å². The van der Waals surface area contributed by atoms with Gasteiger partial charge in [0.05, 0.1) is 18.4 Å². The Morgan fingerprint density at radius 3 is 2.44 bits per heavy atom. The van der Waals surface area contributed by atoms with Crippen molar-refractivity contribution in [3.05, 3.63) is 59.4 Å². The normalized spacial score (nSPS) is 15.6. The number of halogens is 3. The van der Waals surface area contributed by atoms with Crippen LogP contribution in [0.1, 0.15) is 61.3 Å². The summed E-state index contributed by atoms with van der Waals surface area (Å²) in [5.74, 6) is 1.21. The summed E-state index contributed by atoms with van der Waals surface area (Å²) in [4.78, 5) is 15.1. The van der Waals surface area contributed by atoms with E-state index < -0.39 is 11.9 Å². The summed E-state index contributed by atoms with van der Waals surface area (Å²) in [6, 6.07) is 7.72. The quantitative estimate of drug-likeness (QED) is 0.310. The zero-order valence-electron chi connectivity index (χ0n) is 22.3. The van der Waals surface area contributed by atoms with E-state index in [0.717, 1.165) is 60.2 Å². The molecule has 8 nitrogen and oxygen atoms in total. The van der Waals surface area contributed by atoms with Gasteiger partial charge in [0.15, 0.2) is 5.69 Å². The van der Waals surface area contributed by atoms with Crippen LogP contribution in [0, 0.1) is 0 Å². The van der Waals surface area contributed by atoms with Crippen LogP contribution in [0.3, 0.4) is 0 Å². The van der Waals surface area contributed by atoms with Gasteiger partial charge in [0.25, 0.3) is 0 Å². The van der Waals surface area contributed by atoms with E-state index in [1.54, 1.807) is 20.5 Å². The van der Waals surface area contributed by atoms with Gasteiger partial charge in [0.2, 0.25) is 5.88 Å². The SMILES string of the molecule is COc1ncnc(C2CC2)c1-c1nn(C(C)C)c2c1CN(c1ccc(-c3nc(C(F)(F)F)cn3C)cc1)CC2. The Morgan fingerprint density at radius 2 is 1.82 bits per heavy atom. The molecule has 204 valence electrons. The number of imidazole rings is 1. The molecule has 1 aliphatic carbocycles. The van der Waals surface area contributed by atoms with Crippen molar-refractivity contribution in [3.8, 4) is 28.5 Å². The van der Waals surface area contributed by atoms with E-state index in [0.29, 0.717) is 23.9 Å². The molecule has 0 saturated heterocycles. The number of aryl methyl sites for hydroxylation is 1. The van der Waals surface area contributed by atoms with E-state index >= 15 is 0 Å². The maximum atomic E-state index is 13.1. The van der Waals surface area contributed by atoms with E-state index in [2.05, 4.69) is 38.4 Å². The van der Waals surface area contributed by atoms with Gasteiger partial charge < -0.3 is 14.2 Å². The summed E-state index contributed by atoms with van der Waals surface area (Å²) in [7, 11) is 3.20. The number of benzene rings is 1. The molecule has 2 aliphatic rings. The third-order valence-electron chi connectivity index (χ3n) is 7.47. The molecule has 4 heterocycles. The van der Waals surface area contributed by atoms with Gasteiger partial charge in [-0.15, -0.1) is 0 Å². The Labute approximate surface area is 224 Å². The molecule has 0 amide bonds. The molecule has 6 rings (SSSR count). The van der Waals surface area contributed by atoms with Crippen LogP contribution in [0.5, 0.6) is 5.88 Å². The highest BCUT2D eigenvalue weighted by atomic mass is 19.4. The van der Waals surface area contributed by atoms with Crippen molar-refractivity contribution < 1.29 is 17.9 Å². The van der Waals surface area contributed by atoms with Gasteiger partial charge in [-0.05, 0) is 51.0 Å². The lowest BCUT2D eigenvalue weighted by Gasteiger charge is -2.30. The van der Waals surface area contributed by atoms with Crippen LogP contribution in [0.4, 0.5) is 18.9 Å². The minimum absolute atomic E-state index is 0.192. The van der Waals surface area contributed by atoms with Crippen LogP contribution >= 0.6 is 0 Å². The van der Waals surface area contributed by atoms with Gasteiger partial charge in [-0.2, -0.15) is 18.3 Å². The molecular formula is C28H30F3N7O. The monoisotopic (exact) mass is 537 g/mol. The van der Waals surface area contributed by atoms with Gasteiger partial charge in [0, 0.05) is 67.2 Å². The number of aromatic nitrogens is 6. The first kappa shape index (κ1) is 25.4. The Bertz CT molecular complexity index is 1520. The highest BCUT2D eigenvalue weighted by molar-refractivity contribution is 5.73. The van der Waals surface area contributed by atoms with Crippen molar-refractivity contribution in [1.29, 1.82) is 0 Å². The first-order valence-electron chi connectivity index (χ1n) is 13.1. The number of hydrogen-bond donors (Lipinski definition) is 0. The number of nitrogens with zero attached hydrogens (tertiary/aromatic N) is 7. The molecule has 0 spiro atoms. The van der Waals surface area contributed by atoms with Gasteiger partial charge >= 0.3 is 6.18 Å². The lowest BCUT2D eigenvalue weighted by molar-refractivity contribution is -0.140. The van der Waals surface area contributed by atoms with Gasteiger partial charge in [0.1, 0.15) is 17.8 Å². The molecule has 4 aromatic rings. The van der Waals surface area contributed by atoms with Gasteiger partial charge in [-0.1, -0.05) is 0 Å². The topological polar surface area (TPSA) is 73.9 Å². The first-order valence-corrected chi connectivity index (χ1v) is 13.1. The highest BCUT2D eigenvalue weighted by Gasteiger charge is 2.36. The number of anilines is 1. The Hall–Kier alpha value is -3.89. The molecule has 11 heteroatoms.